The first-order valence-corrected chi connectivity index (χ1v) is 8.96. The highest BCUT2D eigenvalue weighted by Gasteiger charge is 2.22. The molecule has 0 aromatic heterocycles. The molecule has 0 heterocycles. The van der Waals surface area contributed by atoms with Gasteiger partial charge < -0.3 is 19.5 Å². The molecule has 0 spiro atoms. The van der Waals surface area contributed by atoms with E-state index in [1.54, 1.807) is 31.4 Å². The molecule has 1 amide bonds. The van der Waals surface area contributed by atoms with Gasteiger partial charge in [-0.15, -0.1) is 0 Å². The van der Waals surface area contributed by atoms with Gasteiger partial charge in [0.2, 0.25) is 0 Å². The lowest BCUT2D eigenvalue weighted by Gasteiger charge is -2.19. The number of hydrogen-bond acceptors (Lipinski definition) is 6. The van der Waals surface area contributed by atoms with E-state index in [9.17, 15) is 9.59 Å². The smallest absolute Gasteiger partial charge is 0.407 e. The molecule has 0 radical (unpaired) electrons. The van der Waals surface area contributed by atoms with E-state index in [0.717, 1.165) is 5.56 Å². The van der Waals surface area contributed by atoms with Crippen LogP contribution in [0, 0.1) is 0 Å². The Morgan fingerprint density at radius 1 is 1.10 bits per heavy atom. The number of amides is 1. The Balaban J connectivity index is 2.30. The van der Waals surface area contributed by atoms with Crippen LogP contribution in [-0.2, 0) is 14.3 Å². The fourth-order valence-electron chi connectivity index (χ4n) is 2.55. The average molecular weight is 396 g/mol. The number of aliphatic imine (C=N–C) groups is 1. The van der Waals surface area contributed by atoms with Crippen LogP contribution in [0.25, 0.3) is 0 Å². The molecular formula is C22H24N2O5. The summed E-state index contributed by atoms with van der Waals surface area (Å²) in [6.07, 6.45) is 0.973. The maximum atomic E-state index is 12.3. The third-order valence-electron chi connectivity index (χ3n) is 3.98. The van der Waals surface area contributed by atoms with Crippen molar-refractivity contribution in [3.8, 4) is 5.75 Å². The molecule has 1 N–H and O–H groups in total. The molecule has 29 heavy (non-hydrogen) atoms. The Bertz CT molecular complexity index is 847. The standard InChI is InChI=1S/C22H24N2O5/c1-4-14-29-22(26)24-19(16-8-6-5-7-9-16)15-20(21(25)28-3)23-17-10-12-18(27-2)13-11-17/h4-13,19H,1,14-15H2,2-3H3,(H,24,26). The number of ether oxygens (including phenoxy) is 3. The van der Waals surface area contributed by atoms with Crippen molar-refractivity contribution >= 4 is 23.5 Å². The van der Waals surface area contributed by atoms with Crippen molar-refractivity contribution in [3.05, 3.63) is 72.8 Å². The Kier molecular flexibility index (Phi) is 8.44. The van der Waals surface area contributed by atoms with Crippen LogP contribution < -0.4 is 10.1 Å². The van der Waals surface area contributed by atoms with Gasteiger partial charge in [-0.25, -0.2) is 14.6 Å². The Morgan fingerprint density at radius 3 is 2.38 bits per heavy atom. The lowest BCUT2D eigenvalue weighted by molar-refractivity contribution is -0.132. The second-order valence-electron chi connectivity index (χ2n) is 5.95. The lowest BCUT2D eigenvalue weighted by atomic mass is 10.0. The van der Waals surface area contributed by atoms with Crippen LogP contribution in [0.5, 0.6) is 5.75 Å². The van der Waals surface area contributed by atoms with Crippen molar-refractivity contribution in [2.75, 3.05) is 20.8 Å². The van der Waals surface area contributed by atoms with Crippen LogP contribution in [0.2, 0.25) is 0 Å². The molecule has 0 bridgehead atoms. The fraction of sp³-hybridized carbons (Fsp3) is 0.227. The second kappa shape index (κ2) is 11.3. The first kappa shape index (κ1) is 21.7. The zero-order valence-corrected chi connectivity index (χ0v) is 16.5. The molecule has 7 heteroatoms. The number of carbonyl (C=O) groups excluding carboxylic acids is 2. The molecule has 0 fully saturated rings. The molecular weight excluding hydrogens is 372 g/mol. The minimum Gasteiger partial charge on any atom is -0.497 e. The first-order valence-electron chi connectivity index (χ1n) is 8.96. The summed E-state index contributed by atoms with van der Waals surface area (Å²) in [7, 11) is 2.86. The zero-order valence-electron chi connectivity index (χ0n) is 16.5. The number of nitrogens with one attached hydrogen (secondary N) is 1. The molecule has 1 atom stereocenters. The summed E-state index contributed by atoms with van der Waals surface area (Å²) in [6.45, 7) is 3.60. The second-order valence-corrected chi connectivity index (χ2v) is 5.95. The number of alkyl carbamates (subject to hydrolysis) is 1. The lowest BCUT2D eigenvalue weighted by Crippen LogP contribution is -2.32. The summed E-state index contributed by atoms with van der Waals surface area (Å²) in [5.41, 5.74) is 1.53. The SMILES string of the molecule is C=CCOC(=O)NC(CC(=Nc1ccc(OC)cc1)C(=O)OC)c1ccccc1. The largest absolute Gasteiger partial charge is 0.497 e. The maximum absolute atomic E-state index is 12.3. The first-order chi connectivity index (χ1) is 14.1. The van der Waals surface area contributed by atoms with Crippen molar-refractivity contribution in [1.29, 1.82) is 0 Å². The number of esters is 1. The topological polar surface area (TPSA) is 86.2 Å². The number of hydrogen-bond donors (Lipinski definition) is 1. The van der Waals surface area contributed by atoms with E-state index in [1.165, 1.54) is 13.2 Å². The highest BCUT2D eigenvalue weighted by atomic mass is 16.5. The van der Waals surface area contributed by atoms with Gasteiger partial charge in [0.15, 0.2) is 0 Å². The van der Waals surface area contributed by atoms with Gasteiger partial charge in [-0.3, -0.25) is 0 Å². The number of methoxy groups -OCH3 is 2. The fourth-order valence-corrected chi connectivity index (χ4v) is 2.55. The molecule has 2 aromatic rings. The molecule has 152 valence electrons. The molecule has 0 aliphatic heterocycles. The van der Waals surface area contributed by atoms with Gasteiger partial charge in [0.1, 0.15) is 18.1 Å². The summed E-state index contributed by atoms with van der Waals surface area (Å²) >= 11 is 0. The molecule has 1 unspecified atom stereocenters. The highest BCUT2D eigenvalue weighted by Crippen LogP contribution is 2.22. The summed E-state index contributed by atoms with van der Waals surface area (Å²) in [6, 6.07) is 15.7. The van der Waals surface area contributed by atoms with Crippen molar-refractivity contribution in [2.45, 2.75) is 12.5 Å². The van der Waals surface area contributed by atoms with E-state index in [1.807, 2.05) is 30.3 Å². The molecule has 2 rings (SSSR count). The van der Waals surface area contributed by atoms with E-state index < -0.39 is 18.1 Å². The van der Waals surface area contributed by atoms with Gasteiger partial charge in [-0.2, -0.15) is 0 Å². The van der Waals surface area contributed by atoms with Crippen LogP contribution >= 0.6 is 0 Å². The van der Waals surface area contributed by atoms with E-state index >= 15 is 0 Å². The monoisotopic (exact) mass is 396 g/mol. The Hall–Kier alpha value is -3.61. The third kappa shape index (κ3) is 6.80. The number of benzene rings is 2. The predicted molar refractivity (Wildman–Crippen MR) is 111 cm³/mol. The minimum atomic E-state index is -0.618. The van der Waals surface area contributed by atoms with Gasteiger partial charge in [0, 0.05) is 6.42 Å². The molecule has 0 saturated heterocycles. The van der Waals surface area contributed by atoms with Gasteiger partial charge in [0.05, 0.1) is 25.9 Å². The Morgan fingerprint density at radius 2 is 1.79 bits per heavy atom. The molecule has 0 saturated carbocycles. The third-order valence-corrected chi connectivity index (χ3v) is 3.98. The molecule has 2 aromatic carbocycles. The van der Waals surface area contributed by atoms with Crippen LogP contribution in [0.1, 0.15) is 18.0 Å². The van der Waals surface area contributed by atoms with E-state index in [2.05, 4.69) is 16.9 Å². The summed E-state index contributed by atoms with van der Waals surface area (Å²) in [5.74, 6) is 0.0976. The summed E-state index contributed by atoms with van der Waals surface area (Å²) < 4.78 is 15.0. The molecule has 7 nitrogen and oxygen atoms in total. The maximum Gasteiger partial charge on any atom is 0.407 e. The highest BCUT2D eigenvalue weighted by molar-refractivity contribution is 6.37. The van der Waals surface area contributed by atoms with Crippen LogP contribution in [0.4, 0.5) is 10.5 Å². The van der Waals surface area contributed by atoms with Crippen LogP contribution in [-0.4, -0.2) is 38.6 Å². The van der Waals surface area contributed by atoms with Gasteiger partial charge in [0.25, 0.3) is 0 Å². The van der Waals surface area contributed by atoms with E-state index in [4.69, 9.17) is 14.2 Å². The van der Waals surface area contributed by atoms with Gasteiger partial charge >= 0.3 is 12.1 Å². The molecule has 0 aliphatic carbocycles. The molecule has 0 aliphatic rings. The van der Waals surface area contributed by atoms with Crippen molar-refractivity contribution < 1.29 is 23.8 Å². The predicted octanol–water partition coefficient (Wildman–Crippen LogP) is 3.98. The quantitative estimate of drug-likeness (QED) is 0.394. The normalized spacial score (nSPS) is 11.9. The Labute approximate surface area is 170 Å². The summed E-state index contributed by atoms with van der Waals surface area (Å²) in [4.78, 5) is 28.8. The van der Waals surface area contributed by atoms with E-state index in [0.29, 0.717) is 11.4 Å². The zero-order chi connectivity index (χ0) is 21.1. The number of rotatable bonds is 9. The number of nitrogens with zero attached hydrogens (tertiary/aromatic N) is 1. The average Bonchev–Trinajstić information content (AvgIpc) is 2.77. The van der Waals surface area contributed by atoms with E-state index in [-0.39, 0.29) is 18.7 Å². The van der Waals surface area contributed by atoms with Crippen molar-refractivity contribution in [2.24, 2.45) is 4.99 Å². The van der Waals surface area contributed by atoms with Crippen LogP contribution in [0.3, 0.4) is 0 Å². The van der Waals surface area contributed by atoms with Gasteiger partial charge in [-0.05, 0) is 29.8 Å². The number of carbonyl (C=O) groups is 2. The van der Waals surface area contributed by atoms with Crippen molar-refractivity contribution in [1.82, 2.24) is 5.32 Å². The summed E-state index contributed by atoms with van der Waals surface area (Å²) in [5, 5.41) is 2.76. The van der Waals surface area contributed by atoms with Gasteiger partial charge in [-0.1, -0.05) is 43.0 Å². The van der Waals surface area contributed by atoms with Crippen molar-refractivity contribution in [3.63, 3.8) is 0 Å². The van der Waals surface area contributed by atoms with Crippen LogP contribution in [0.15, 0.2) is 72.2 Å². The minimum absolute atomic E-state index is 0.0805.